The summed E-state index contributed by atoms with van der Waals surface area (Å²) in [5, 5.41) is 23.0. The number of aromatic nitrogens is 3. The van der Waals surface area contributed by atoms with Gasteiger partial charge in [0.1, 0.15) is 23.4 Å². The van der Waals surface area contributed by atoms with Gasteiger partial charge in [-0.15, -0.1) is 21.5 Å². The highest BCUT2D eigenvalue weighted by Crippen LogP contribution is 2.45. The zero-order chi connectivity index (χ0) is 26.7. The van der Waals surface area contributed by atoms with Crippen LogP contribution >= 0.6 is 34.7 Å². The van der Waals surface area contributed by atoms with Gasteiger partial charge in [0.25, 0.3) is 0 Å². The van der Waals surface area contributed by atoms with Crippen molar-refractivity contribution < 1.29 is 9.53 Å². The fraction of sp³-hybridized carbons (Fsp3) is 0.481. The Kier molecular flexibility index (Phi) is 8.52. The molecule has 2 aromatic heterocycles. The van der Waals surface area contributed by atoms with E-state index in [1.165, 1.54) is 16.6 Å². The number of anilines is 1. The molecule has 1 aromatic carbocycles. The third-order valence-electron chi connectivity index (χ3n) is 7.35. The Labute approximate surface area is 231 Å². The van der Waals surface area contributed by atoms with Crippen LogP contribution in [-0.2, 0) is 31.3 Å². The van der Waals surface area contributed by atoms with Crippen molar-refractivity contribution in [2.75, 3.05) is 11.1 Å². The quantitative estimate of drug-likeness (QED) is 0.299. The van der Waals surface area contributed by atoms with Gasteiger partial charge >= 0.3 is 0 Å². The summed E-state index contributed by atoms with van der Waals surface area (Å²) in [5.74, 6) is 1.80. The van der Waals surface area contributed by atoms with E-state index in [9.17, 15) is 10.1 Å². The summed E-state index contributed by atoms with van der Waals surface area (Å²) < 4.78 is 7.64. The van der Waals surface area contributed by atoms with Crippen molar-refractivity contribution in [1.29, 1.82) is 5.26 Å². The zero-order valence-electron chi connectivity index (χ0n) is 21.9. The highest BCUT2D eigenvalue weighted by molar-refractivity contribution is 7.99. The highest BCUT2D eigenvalue weighted by atomic mass is 35.5. The largest absolute Gasteiger partial charge is 0.484 e. The van der Waals surface area contributed by atoms with Crippen LogP contribution in [0.15, 0.2) is 23.4 Å². The maximum absolute atomic E-state index is 12.8. The summed E-state index contributed by atoms with van der Waals surface area (Å²) in [5.41, 5.74) is 3.06. The van der Waals surface area contributed by atoms with Crippen molar-refractivity contribution in [3.8, 4) is 11.8 Å². The van der Waals surface area contributed by atoms with E-state index in [0.29, 0.717) is 38.2 Å². The van der Waals surface area contributed by atoms with Crippen molar-refractivity contribution in [2.24, 2.45) is 18.4 Å². The Morgan fingerprint density at radius 3 is 2.92 bits per heavy atom. The molecule has 3 aromatic rings. The van der Waals surface area contributed by atoms with Crippen LogP contribution in [0.2, 0.25) is 5.02 Å². The molecule has 0 radical (unpaired) electrons. The number of carbonyl (C=O) groups is 1. The lowest BCUT2D eigenvalue weighted by atomic mass is 9.69. The molecule has 37 heavy (non-hydrogen) atoms. The van der Waals surface area contributed by atoms with Gasteiger partial charge in [-0.2, -0.15) is 5.26 Å². The number of carbonyl (C=O) groups excluding carboxylic acids is 1. The number of rotatable bonds is 9. The van der Waals surface area contributed by atoms with Gasteiger partial charge in [0.15, 0.2) is 11.0 Å². The third-order valence-corrected chi connectivity index (χ3v) is 9.85. The smallest absolute Gasteiger partial charge is 0.235 e. The van der Waals surface area contributed by atoms with Gasteiger partial charge in [-0.25, -0.2) is 0 Å². The molecule has 0 aliphatic heterocycles. The summed E-state index contributed by atoms with van der Waals surface area (Å²) >= 11 is 9.06. The Bertz CT molecular complexity index is 1340. The van der Waals surface area contributed by atoms with Crippen molar-refractivity contribution >= 4 is 45.6 Å². The molecule has 196 valence electrons. The number of aryl methyl sites for hydroxylation is 1. The van der Waals surface area contributed by atoms with E-state index in [0.717, 1.165) is 36.8 Å². The van der Waals surface area contributed by atoms with Gasteiger partial charge in [-0.05, 0) is 60.8 Å². The summed E-state index contributed by atoms with van der Waals surface area (Å²) in [6, 6.07) is 7.94. The van der Waals surface area contributed by atoms with Crippen LogP contribution in [0.3, 0.4) is 0 Å². The molecule has 1 amide bonds. The molecule has 1 N–H and O–H groups in total. The van der Waals surface area contributed by atoms with E-state index in [4.69, 9.17) is 16.3 Å². The normalized spacial score (nSPS) is 15.2. The molecule has 7 nitrogen and oxygen atoms in total. The minimum atomic E-state index is -0.169. The molecule has 1 aliphatic rings. The molecule has 0 bridgehead atoms. The van der Waals surface area contributed by atoms with Gasteiger partial charge < -0.3 is 14.6 Å². The predicted octanol–water partition coefficient (Wildman–Crippen LogP) is 6.56. The highest BCUT2D eigenvalue weighted by Gasteiger charge is 2.34. The van der Waals surface area contributed by atoms with E-state index >= 15 is 0 Å². The van der Waals surface area contributed by atoms with E-state index < -0.39 is 0 Å². The SMILES string of the molecule is CCC(C)(C)C1CCc2c(sc(NC(=O)CSc3nnc(COc4cc(C)ccc4Cl)n3C)c2C#N)C1. The summed E-state index contributed by atoms with van der Waals surface area (Å²) in [6.07, 6.45) is 4.07. The first-order valence-electron chi connectivity index (χ1n) is 12.4. The molecule has 1 atom stereocenters. The Morgan fingerprint density at radius 1 is 1.41 bits per heavy atom. The molecule has 10 heteroatoms. The zero-order valence-corrected chi connectivity index (χ0v) is 24.2. The number of hydrogen-bond donors (Lipinski definition) is 1. The molecule has 1 aliphatic carbocycles. The molecular weight excluding hydrogens is 526 g/mol. The number of nitriles is 1. The van der Waals surface area contributed by atoms with Crippen LogP contribution in [0.1, 0.15) is 61.0 Å². The lowest BCUT2D eigenvalue weighted by molar-refractivity contribution is -0.113. The number of ether oxygens (including phenoxy) is 1. The van der Waals surface area contributed by atoms with E-state index in [1.54, 1.807) is 17.4 Å². The molecule has 0 saturated carbocycles. The van der Waals surface area contributed by atoms with Crippen molar-refractivity contribution in [2.45, 2.75) is 65.1 Å². The lowest BCUT2D eigenvalue weighted by Crippen LogP contribution is -2.28. The Morgan fingerprint density at radius 2 is 2.19 bits per heavy atom. The summed E-state index contributed by atoms with van der Waals surface area (Å²) in [6.45, 7) is 9.06. The second-order valence-electron chi connectivity index (χ2n) is 10.1. The number of halogens is 1. The van der Waals surface area contributed by atoms with Gasteiger partial charge in [0, 0.05) is 11.9 Å². The number of thioether (sulfide) groups is 1. The van der Waals surface area contributed by atoms with E-state index in [-0.39, 0.29) is 23.7 Å². The fourth-order valence-corrected chi connectivity index (χ4v) is 6.70. The fourth-order valence-electron chi connectivity index (χ4n) is 4.50. The van der Waals surface area contributed by atoms with E-state index in [1.807, 2.05) is 30.7 Å². The second kappa shape index (κ2) is 11.5. The maximum atomic E-state index is 12.8. The third kappa shape index (κ3) is 6.14. The van der Waals surface area contributed by atoms with E-state index in [2.05, 4.69) is 42.4 Å². The van der Waals surface area contributed by atoms with Crippen LogP contribution in [0.5, 0.6) is 5.75 Å². The molecule has 0 fully saturated rings. The van der Waals surface area contributed by atoms with Crippen molar-refractivity contribution in [3.63, 3.8) is 0 Å². The standard InChI is InChI=1S/C27H32ClN5O2S2/c1-6-27(3,4)17-8-9-18-19(13-29)25(37-22(18)12-17)30-24(34)15-36-26-32-31-23(33(26)5)14-35-21-11-16(2)7-10-20(21)28/h7,10-11,17H,6,8-9,12,14-15H2,1-5H3,(H,30,34). The maximum Gasteiger partial charge on any atom is 0.235 e. The topological polar surface area (TPSA) is 92.8 Å². The average Bonchev–Trinajstić information content (AvgIpc) is 3.41. The predicted molar refractivity (Wildman–Crippen MR) is 149 cm³/mol. The monoisotopic (exact) mass is 557 g/mol. The molecule has 2 heterocycles. The van der Waals surface area contributed by atoms with Gasteiger partial charge in [0.05, 0.1) is 16.3 Å². The summed E-state index contributed by atoms with van der Waals surface area (Å²) in [4.78, 5) is 14.0. The molecule has 1 unspecified atom stereocenters. The van der Waals surface area contributed by atoms with Crippen LogP contribution in [0.25, 0.3) is 0 Å². The van der Waals surface area contributed by atoms with Gasteiger partial charge in [-0.1, -0.05) is 56.6 Å². The first kappa shape index (κ1) is 27.5. The van der Waals surface area contributed by atoms with Gasteiger partial charge in [-0.3, -0.25) is 4.79 Å². The van der Waals surface area contributed by atoms with Crippen LogP contribution in [-0.4, -0.2) is 26.4 Å². The van der Waals surface area contributed by atoms with Crippen LogP contribution in [0, 0.1) is 29.6 Å². The average molecular weight is 558 g/mol. The molecule has 0 spiro atoms. The molecule has 4 rings (SSSR count). The molecule has 0 saturated heterocycles. The number of amides is 1. The number of nitrogens with zero attached hydrogens (tertiary/aromatic N) is 4. The first-order chi connectivity index (χ1) is 17.6. The van der Waals surface area contributed by atoms with Gasteiger partial charge in [0.2, 0.25) is 5.91 Å². The number of thiophene rings is 1. The summed E-state index contributed by atoms with van der Waals surface area (Å²) in [7, 11) is 1.84. The first-order valence-corrected chi connectivity index (χ1v) is 14.6. The Balaban J connectivity index is 1.36. The van der Waals surface area contributed by atoms with Crippen LogP contribution < -0.4 is 10.1 Å². The lowest BCUT2D eigenvalue weighted by Gasteiger charge is -2.36. The minimum absolute atomic E-state index is 0.162. The number of benzene rings is 1. The number of nitrogens with one attached hydrogen (secondary N) is 1. The van der Waals surface area contributed by atoms with Crippen LogP contribution in [0.4, 0.5) is 5.00 Å². The number of fused-ring (bicyclic) bond motifs is 1. The second-order valence-corrected chi connectivity index (χ2v) is 12.6. The van der Waals surface area contributed by atoms with Crippen molar-refractivity contribution in [3.05, 3.63) is 50.6 Å². The van der Waals surface area contributed by atoms with Crippen molar-refractivity contribution in [1.82, 2.24) is 14.8 Å². The Hall–Kier alpha value is -2.54. The molecular formula is C27H32ClN5O2S2. The minimum Gasteiger partial charge on any atom is -0.484 e. The number of hydrogen-bond acceptors (Lipinski definition) is 7.